The Kier molecular flexibility index (Phi) is 5.59. The molecule has 4 rings (SSSR count). The van der Waals surface area contributed by atoms with Crippen molar-refractivity contribution in [3.63, 3.8) is 0 Å². The van der Waals surface area contributed by atoms with Gasteiger partial charge in [0.2, 0.25) is 0 Å². The highest BCUT2D eigenvalue weighted by molar-refractivity contribution is 7.91. The van der Waals surface area contributed by atoms with Gasteiger partial charge in [-0.3, -0.25) is 0 Å². The summed E-state index contributed by atoms with van der Waals surface area (Å²) in [5.41, 5.74) is 1.46. The molecule has 0 spiro atoms. The molecule has 10 heteroatoms. The average Bonchev–Trinajstić information content (AvgIpc) is 3.09. The lowest BCUT2D eigenvalue weighted by Gasteiger charge is -2.34. The van der Waals surface area contributed by atoms with E-state index in [1.165, 1.54) is 12.1 Å². The second kappa shape index (κ2) is 7.78. The number of hydrogen-bond acceptors (Lipinski definition) is 7. The molecule has 0 radical (unpaired) electrons. The highest BCUT2D eigenvalue weighted by Gasteiger charge is 2.27. The largest absolute Gasteiger partial charge is 0.370 e. The number of nitrogens with zero attached hydrogens (tertiary/aromatic N) is 2. The Labute approximate surface area is 185 Å². The minimum Gasteiger partial charge on any atom is -0.370 e. The van der Waals surface area contributed by atoms with Crippen molar-refractivity contribution in [1.29, 1.82) is 0 Å². The molecule has 1 aliphatic rings. The van der Waals surface area contributed by atoms with Crippen LogP contribution >= 0.6 is 22.9 Å². The van der Waals surface area contributed by atoms with Gasteiger partial charge in [0.1, 0.15) is 0 Å². The number of sulfone groups is 2. The summed E-state index contributed by atoms with van der Waals surface area (Å²) in [6.07, 6.45) is 3.86. The Balaban J connectivity index is 1.59. The number of aromatic nitrogens is 1. The third kappa shape index (κ3) is 4.34. The van der Waals surface area contributed by atoms with Crippen molar-refractivity contribution in [3.05, 3.63) is 46.4 Å². The fourth-order valence-corrected chi connectivity index (χ4v) is 6.67. The number of hydrogen-bond donors (Lipinski definition) is 0. The molecule has 2 heterocycles. The van der Waals surface area contributed by atoms with Gasteiger partial charge in [-0.05, 0) is 49.2 Å². The molecule has 0 amide bonds. The maximum absolute atomic E-state index is 12.3. The molecule has 0 unspecified atom stereocenters. The average molecular weight is 485 g/mol. The summed E-state index contributed by atoms with van der Waals surface area (Å²) in [6, 6.07) is 10.1. The molecule has 1 fully saturated rings. The van der Waals surface area contributed by atoms with E-state index in [0.29, 0.717) is 29.7 Å². The fourth-order valence-electron chi connectivity index (χ4n) is 3.74. The zero-order chi connectivity index (χ0) is 21.7. The summed E-state index contributed by atoms with van der Waals surface area (Å²) in [4.78, 5) is 6.82. The number of thiazole rings is 1. The third-order valence-electron chi connectivity index (χ3n) is 5.31. The van der Waals surface area contributed by atoms with Crippen LogP contribution in [0.2, 0.25) is 5.02 Å². The number of rotatable bonds is 4. The Hall–Kier alpha value is -1.68. The molecule has 0 N–H and O–H groups in total. The first-order valence-corrected chi connectivity index (χ1v) is 14.4. The minimum atomic E-state index is -3.58. The topological polar surface area (TPSA) is 84.4 Å². The summed E-state index contributed by atoms with van der Waals surface area (Å²) < 4.78 is 49.5. The lowest BCUT2D eigenvalue weighted by atomic mass is 9.97. The van der Waals surface area contributed by atoms with E-state index in [-0.39, 0.29) is 9.79 Å². The van der Waals surface area contributed by atoms with Gasteiger partial charge in [-0.1, -0.05) is 11.6 Å². The van der Waals surface area contributed by atoms with Crippen LogP contribution < -0.4 is 4.90 Å². The van der Waals surface area contributed by atoms with Crippen LogP contribution in [0.25, 0.3) is 10.2 Å². The molecule has 0 atom stereocenters. The van der Waals surface area contributed by atoms with Gasteiger partial charge in [0.25, 0.3) is 0 Å². The Morgan fingerprint density at radius 2 is 1.70 bits per heavy atom. The van der Waals surface area contributed by atoms with Gasteiger partial charge in [0.15, 0.2) is 19.7 Å². The highest BCUT2D eigenvalue weighted by Crippen LogP contribution is 2.37. The minimum absolute atomic E-state index is 0.00898. The lowest BCUT2D eigenvalue weighted by Crippen LogP contribution is -2.33. The van der Waals surface area contributed by atoms with E-state index >= 15 is 0 Å². The van der Waals surface area contributed by atoms with Crippen molar-refractivity contribution in [1.82, 2.24) is 4.98 Å². The van der Waals surface area contributed by atoms with Gasteiger partial charge < -0.3 is 4.90 Å². The van der Waals surface area contributed by atoms with E-state index in [9.17, 15) is 16.8 Å². The molecule has 0 saturated carbocycles. The van der Waals surface area contributed by atoms with Gasteiger partial charge >= 0.3 is 0 Å². The summed E-state index contributed by atoms with van der Waals surface area (Å²) in [5.74, 6) is 0.300. The summed E-state index contributed by atoms with van der Waals surface area (Å²) in [7, 11) is -7.07. The van der Waals surface area contributed by atoms with Gasteiger partial charge in [0.05, 0.1) is 30.7 Å². The van der Waals surface area contributed by atoms with Crippen LogP contribution in [0.3, 0.4) is 0 Å². The Morgan fingerprint density at radius 3 is 2.33 bits per heavy atom. The van der Waals surface area contributed by atoms with Gasteiger partial charge in [-0.25, -0.2) is 21.8 Å². The SMILES string of the molecule is CS(=O)(=O)c1ccc(N2CCC(c3nc4cc(Cl)ccc4s3)CC2)c(S(C)(=O)=O)c1. The Morgan fingerprint density at radius 1 is 1.00 bits per heavy atom. The molecule has 3 aromatic rings. The van der Waals surface area contributed by atoms with E-state index in [2.05, 4.69) is 0 Å². The van der Waals surface area contributed by atoms with Crippen molar-refractivity contribution in [2.75, 3.05) is 30.5 Å². The predicted octanol–water partition coefficient (Wildman–Crippen LogP) is 4.14. The van der Waals surface area contributed by atoms with Gasteiger partial charge in [0, 0.05) is 36.5 Å². The maximum Gasteiger partial charge on any atom is 0.177 e. The first kappa shape index (κ1) is 21.5. The number of halogens is 1. The second-order valence-electron chi connectivity index (χ2n) is 7.60. The van der Waals surface area contributed by atoms with Crippen molar-refractivity contribution < 1.29 is 16.8 Å². The van der Waals surface area contributed by atoms with Crippen molar-refractivity contribution in [2.24, 2.45) is 0 Å². The van der Waals surface area contributed by atoms with E-state index in [1.807, 2.05) is 23.1 Å². The standard InChI is InChI=1S/C20H21ClN2O4S3/c1-29(24,25)15-4-5-17(19(12-15)30(2,26)27)23-9-7-13(8-10-23)20-22-16-11-14(21)3-6-18(16)28-20/h3-6,11-13H,7-10H2,1-2H3. The zero-order valence-corrected chi connectivity index (χ0v) is 19.7. The number of benzene rings is 2. The molecule has 1 aliphatic heterocycles. The molecule has 160 valence electrons. The number of piperidine rings is 1. The van der Waals surface area contributed by atoms with Crippen LogP contribution in [0.1, 0.15) is 23.8 Å². The molecule has 30 heavy (non-hydrogen) atoms. The highest BCUT2D eigenvalue weighted by atomic mass is 35.5. The first-order chi connectivity index (χ1) is 14.0. The van der Waals surface area contributed by atoms with E-state index in [1.54, 1.807) is 17.4 Å². The van der Waals surface area contributed by atoms with Crippen LogP contribution in [0.4, 0.5) is 5.69 Å². The molecule has 1 saturated heterocycles. The van der Waals surface area contributed by atoms with Crippen molar-refractivity contribution in [3.8, 4) is 0 Å². The van der Waals surface area contributed by atoms with Crippen LogP contribution in [0.5, 0.6) is 0 Å². The Bertz CT molecular complexity index is 1330. The molecule has 2 aromatic carbocycles. The molecule has 0 aliphatic carbocycles. The van der Waals surface area contributed by atoms with Crippen LogP contribution in [-0.4, -0.2) is 47.4 Å². The smallest absolute Gasteiger partial charge is 0.177 e. The number of anilines is 1. The first-order valence-electron chi connectivity index (χ1n) is 9.37. The van der Waals surface area contributed by atoms with E-state index in [0.717, 1.165) is 40.6 Å². The maximum atomic E-state index is 12.3. The normalized spacial score (nSPS) is 16.3. The van der Waals surface area contributed by atoms with E-state index in [4.69, 9.17) is 16.6 Å². The van der Waals surface area contributed by atoms with Crippen molar-refractivity contribution in [2.45, 2.75) is 28.6 Å². The molecule has 0 bridgehead atoms. The summed E-state index contributed by atoms with van der Waals surface area (Å²) in [5, 5.41) is 1.74. The van der Waals surface area contributed by atoms with E-state index < -0.39 is 19.7 Å². The quantitative estimate of drug-likeness (QED) is 0.553. The zero-order valence-electron chi connectivity index (χ0n) is 16.5. The summed E-state index contributed by atoms with van der Waals surface area (Å²) in [6.45, 7) is 1.34. The monoisotopic (exact) mass is 484 g/mol. The molecule has 1 aromatic heterocycles. The molecular formula is C20H21ClN2O4S3. The fraction of sp³-hybridized carbons (Fsp3) is 0.350. The van der Waals surface area contributed by atoms with Gasteiger partial charge in [-0.2, -0.15) is 0 Å². The third-order valence-corrected chi connectivity index (χ3v) is 8.98. The number of fused-ring (bicyclic) bond motifs is 1. The van der Waals surface area contributed by atoms with Crippen LogP contribution in [0.15, 0.2) is 46.2 Å². The van der Waals surface area contributed by atoms with Gasteiger partial charge in [-0.15, -0.1) is 11.3 Å². The van der Waals surface area contributed by atoms with Crippen LogP contribution in [0, 0.1) is 0 Å². The molecular weight excluding hydrogens is 464 g/mol. The van der Waals surface area contributed by atoms with Crippen LogP contribution in [-0.2, 0) is 19.7 Å². The summed E-state index contributed by atoms with van der Waals surface area (Å²) >= 11 is 7.73. The van der Waals surface area contributed by atoms with Crippen molar-refractivity contribution >= 4 is 58.5 Å². The molecule has 6 nitrogen and oxygen atoms in total. The second-order valence-corrected chi connectivity index (χ2v) is 13.1. The lowest BCUT2D eigenvalue weighted by molar-refractivity contribution is 0.502. The predicted molar refractivity (Wildman–Crippen MR) is 121 cm³/mol.